The van der Waals surface area contributed by atoms with E-state index in [0.29, 0.717) is 21.7 Å². The van der Waals surface area contributed by atoms with Crippen LogP contribution >= 0.6 is 11.6 Å². The van der Waals surface area contributed by atoms with E-state index in [1.165, 1.54) is 0 Å². The van der Waals surface area contributed by atoms with E-state index in [-0.39, 0.29) is 5.91 Å². The van der Waals surface area contributed by atoms with E-state index in [0.717, 1.165) is 32.4 Å². The molecule has 0 radical (unpaired) electrons. The molecule has 0 saturated carbocycles. The van der Waals surface area contributed by atoms with Crippen LogP contribution in [0.4, 0.5) is 5.69 Å². The summed E-state index contributed by atoms with van der Waals surface area (Å²) in [5, 5.41) is 0.549. The molecule has 1 amide bonds. The topological polar surface area (TPSA) is 46.3 Å². The van der Waals surface area contributed by atoms with Gasteiger partial charge in [-0.2, -0.15) is 0 Å². The Hall–Kier alpha value is -1.22. The van der Waals surface area contributed by atoms with E-state index in [1.807, 2.05) is 4.90 Å². The van der Waals surface area contributed by atoms with Crippen molar-refractivity contribution in [1.82, 2.24) is 4.90 Å². The minimum Gasteiger partial charge on any atom is -0.398 e. The Bertz CT molecular complexity index is 479. The van der Waals surface area contributed by atoms with Crippen molar-refractivity contribution >= 4 is 23.2 Å². The lowest BCUT2D eigenvalue weighted by Crippen LogP contribution is -2.42. The van der Waals surface area contributed by atoms with Crippen molar-refractivity contribution in [3.05, 3.63) is 28.8 Å². The van der Waals surface area contributed by atoms with Gasteiger partial charge in [-0.05, 0) is 36.5 Å². The predicted octanol–water partition coefficient (Wildman–Crippen LogP) is 3.57. The monoisotopic (exact) mass is 280 g/mol. The van der Waals surface area contributed by atoms with Gasteiger partial charge in [-0.3, -0.25) is 4.79 Å². The second kappa shape index (κ2) is 5.41. The Labute approximate surface area is 119 Å². The van der Waals surface area contributed by atoms with Crippen LogP contribution < -0.4 is 5.73 Å². The molecule has 0 bridgehead atoms. The molecule has 4 heteroatoms. The highest BCUT2D eigenvalue weighted by Gasteiger charge is 2.31. The summed E-state index contributed by atoms with van der Waals surface area (Å²) in [4.78, 5) is 14.3. The van der Waals surface area contributed by atoms with E-state index >= 15 is 0 Å². The van der Waals surface area contributed by atoms with Crippen LogP contribution in [0.1, 0.15) is 43.5 Å². The first kappa shape index (κ1) is 14.2. The molecular formula is C15H21ClN2O. The molecule has 0 unspecified atom stereocenters. The van der Waals surface area contributed by atoms with Gasteiger partial charge in [0, 0.05) is 23.8 Å². The van der Waals surface area contributed by atoms with Crippen molar-refractivity contribution in [2.45, 2.75) is 33.1 Å². The van der Waals surface area contributed by atoms with Crippen LogP contribution in [-0.2, 0) is 0 Å². The molecule has 2 N–H and O–H groups in total. The maximum Gasteiger partial charge on any atom is 0.255 e. The number of hydrogen-bond acceptors (Lipinski definition) is 2. The fourth-order valence-corrected chi connectivity index (χ4v) is 2.66. The Morgan fingerprint density at radius 3 is 2.63 bits per heavy atom. The number of hydrogen-bond donors (Lipinski definition) is 1. The quantitative estimate of drug-likeness (QED) is 0.842. The van der Waals surface area contributed by atoms with Gasteiger partial charge >= 0.3 is 0 Å². The number of amides is 1. The number of benzene rings is 1. The van der Waals surface area contributed by atoms with E-state index in [1.54, 1.807) is 18.2 Å². The van der Waals surface area contributed by atoms with Gasteiger partial charge in [-0.1, -0.05) is 31.9 Å². The van der Waals surface area contributed by atoms with Gasteiger partial charge in [0.2, 0.25) is 0 Å². The molecule has 1 aromatic rings. The second-order valence-corrected chi connectivity index (χ2v) is 6.12. The normalized spacial score (nSPS) is 18.4. The second-order valence-electron chi connectivity index (χ2n) is 5.69. The zero-order chi connectivity index (χ0) is 14.0. The average Bonchev–Trinajstić information content (AvgIpc) is 2.42. The van der Waals surface area contributed by atoms with E-state index in [9.17, 15) is 4.79 Å². The summed E-state index contributed by atoms with van der Waals surface area (Å²) in [5.41, 5.74) is 7.26. The first-order valence-corrected chi connectivity index (χ1v) is 7.17. The summed E-state index contributed by atoms with van der Waals surface area (Å²) in [6, 6.07) is 5.06. The third-order valence-corrected chi connectivity index (χ3v) is 4.59. The molecular weight excluding hydrogens is 260 g/mol. The molecule has 1 saturated heterocycles. The molecule has 1 aromatic carbocycles. The first-order chi connectivity index (χ1) is 8.95. The van der Waals surface area contributed by atoms with Crippen molar-refractivity contribution in [2.75, 3.05) is 18.8 Å². The standard InChI is InChI=1S/C15H21ClN2O/c1-3-15(2)6-8-18(9-7-15)14(19)12-10-11(16)4-5-13(12)17/h4-5,10H,3,6-9,17H2,1-2H3. The van der Waals surface area contributed by atoms with Crippen LogP contribution in [0.3, 0.4) is 0 Å². The highest BCUT2D eigenvalue weighted by atomic mass is 35.5. The number of halogens is 1. The molecule has 1 heterocycles. The lowest BCUT2D eigenvalue weighted by atomic mass is 9.78. The minimum atomic E-state index is -0.00171. The smallest absolute Gasteiger partial charge is 0.255 e. The van der Waals surface area contributed by atoms with Gasteiger partial charge in [0.15, 0.2) is 0 Å². The number of carbonyl (C=O) groups excluding carboxylic acids is 1. The third-order valence-electron chi connectivity index (χ3n) is 4.36. The minimum absolute atomic E-state index is 0.00171. The third kappa shape index (κ3) is 3.03. The van der Waals surface area contributed by atoms with Gasteiger partial charge in [-0.25, -0.2) is 0 Å². The molecule has 0 spiro atoms. The molecule has 0 aromatic heterocycles. The summed E-state index contributed by atoms with van der Waals surface area (Å²) in [7, 11) is 0. The molecule has 2 rings (SSSR count). The highest BCUT2D eigenvalue weighted by Crippen LogP contribution is 2.34. The number of nitrogen functional groups attached to an aromatic ring is 1. The zero-order valence-electron chi connectivity index (χ0n) is 11.6. The van der Waals surface area contributed by atoms with Gasteiger partial charge in [0.05, 0.1) is 5.56 Å². The van der Waals surface area contributed by atoms with Gasteiger partial charge < -0.3 is 10.6 Å². The number of anilines is 1. The predicted molar refractivity (Wildman–Crippen MR) is 79.4 cm³/mol. The van der Waals surface area contributed by atoms with Crippen molar-refractivity contribution in [1.29, 1.82) is 0 Å². The fraction of sp³-hybridized carbons (Fsp3) is 0.533. The number of rotatable bonds is 2. The van der Waals surface area contributed by atoms with Crippen molar-refractivity contribution < 1.29 is 4.79 Å². The molecule has 19 heavy (non-hydrogen) atoms. The van der Waals surface area contributed by atoms with Gasteiger partial charge in [0.1, 0.15) is 0 Å². The Morgan fingerprint density at radius 2 is 2.05 bits per heavy atom. The molecule has 1 aliphatic heterocycles. The maximum absolute atomic E-state index is 12.5. The van der Waals surface area contributed by atoms with Crippen molar-refractivity contribution in [2.24, 2.45) is 5.41 Å². The number of carbonyl (C=O) groups is 1. The summed E-state index contributed by atoms with van der Waals surface area (Å²) in [6.45, 7) is 6.11. The Balaban J connectivity index is 2.11. The fourth-order valence-electron chi connectivity index (χ4n) is 2.49. The highest BCUT2D eigenvalue weighted by molar-refractivity contribution is 6.31. The molecule has 0 atom stereocenters. The largest absolute Gasteiger partial charge is 0.398 e. The molecule has 1 fully saturated rings. The van der Waals surface area contributed by atoms with Crippen LogP contribution in [0.15, 0.2) is 18.2 Å². The summed E-state index contributed by atoms with van der Waals surface area (Å²) in [6.07, 6.45) is 3.26. The molecule has 3 nitrogen and oxygen atoms in total. The van der Waals surface area contributed by atoms with Gasteiger partial charge in [-0.15, -0.1) is 0 Å². The first-order valence-electron chi connectivity index (χ1n) is 6.79. The number of nitrogens with zero attached hydrogens (tertiary/aromatic N) is 1. The van der Waals surface area contributed by atoms with Crippen LogP contribution in [0, 0.1) is 5.41 Å². The average molecular weight is 281 g/mol. The summed E-state index contributed by atoms with van der Waals surface area (Å²) >= 11 is 5.94. The lowest BCUT2D eigenvalue weighted by Gasteiger charge is -2.39. The summed E-state index contributed by atoms with van der Waals surface area (Å²) in [5.74, 6) is -0.00171. The number of nitrogens with two attached hydrogens (primary N) is 1. The van der Waals surface area contributed by atoms with Crippen molar-refractivity contribution in [3.8, 4) is 0 Å². The van der Waals surface area contributed by atoms with Crippen molar-refractivity contribution in [3.63, 3.8) is 0 Å². The zero-order valence-corrected chi connectivity index (χ0v) is 12.3. The Morgan fingerprint density at radius 1 is 1.42 bits per heavy atom. The summed E-state index contributed by atoms with van der Waals surface area (Å²) < 4.78 is 0. The van der Waals surface area contributed by atoms with E-state index < -0.39 is 0 Å². The lowest BCUT2D eigenvalue weighted by molar-refractivity contribution is 0.0601. The van der Waals surface area contributed by atoms with Crippen LogP contribution in [0.25, 0.3) is 0 Å². The number of piperidine rings is 1. The maximum atomic E-state index is 12.5. The Kier molecular flexibility index (Phi) is 4.04. The molecule has 1 aliphatic rings. The molecule has 0 aliphatic carbocycles. The SMILES string of the molecule is CCC1(C)CCN(C(=O)c2cc(Cl)ccc2N)CC1. The van der Waals surface area contributed by atoms with Crippen LogP contribution in [0.5, 0.6) is 0 Å². The van der Waals surface area contributed by atoms with Crippen LogP contribution in [0.2, 0.25) is 5.02 Å². The van der Waals surface area contributed by atoms with E-state index in [2.05, 4.69) is 13.8 Å². The molecule has 104 valence electrons. The van der Waals surface area contributed by atoms with E-state index in [4.69, 9.17) is 17.3 Å². The number of likely N-dealkylation sites (tertiary alicyclic amines) is 1. The van der Waals surface area contributed by atoms with Gasteiger partial charge in [0.25, 0.3) is 5.91 Å². The van der Waals surface area contributed by atoms with Crippen LogP contribution in [-0.4, -0.2) is 23.9 Å².